The highest BCUT2D eigenvalue weighted by Gasteiger charge is 2.20. The van der Waals surface area contributed by atoms with Gasteiger partial charge in [-0.25, -0.2) is 15.8 Å². The summed E-state index contributed by atoms with van der Waals surface area (Å²) in [4.78, 5) is 9.12. The Bertz CT molecular complexity index is 579. The topological polar surface area (TPSA) is 81.7 Å². The highest BCUT2D eigenvalue weighted by Crippen LogP contribution is 2.33. The monoisotopic (exact) mass is 262 g/mol. The Hall–Kier alpha value is -1.60. The zero-order valence-electron chi connectivity index (χ0n) is 10.1. The zero-order valence-corrected chi connectivity index (χ0v) is 10.9. The summed E-state index contributed by atoms with van der Waals surface area (Å²) >= 11 is 1.83. The number of nitrogens with one attached hydrogen (secondary N) is 1. The van der Waals surface area contributed by atoms with Crippen LogP contribution >= 0.6 is 11.8 Å². The molecule has 0 unspecified atom stereocenters. The summed E-state index contributed by atoms with van der Waals surface area (Å²) in [5.74, 6) is 8.79. The SMILES string of the molecule is CCn1nccc1-c1nc2c(c(NN)n1)CSC2. The Morgan fingerprint density at radius 2 is 2.33 bits per heavy atom. The fourth-order valence-corrected chi connectivity index (χ4v) is 3.10. The minimum absolute atomic E-state index is 0.684. The number of nitrogens with two attached hydrogens (primary N) is 1. The number of aryl methyl sites for hydroxylation is 1. The van der Waals surface area contributed by atoms with Crippen molar-refractivity contribution in [2.75, 3.05) is 5.43 Å². The minimum Gasteiger partial charge on any atom is -0.308 e. The maximum atomic E-state index is 5.54. The molecule has 0 aromatic carbocycles. The summed E-state index contributed by atoms with van der Waals surface area (Å²) in [6, 6.07) is 1.92. The van der Waals surface area contributed by atoms with Gasteiger partial charge in [0.05, 0.1) is 5.69 Å². The highest BCUT2D eigenvalue weighted by atomic mass is 32.2. The molecule has 7 heteroatoms. The summed E-state index contributed by atoms with van der Waals surface area (Å²) in [5.41, 5.74) is 5.79. The molecule has 2 aromatic heterocycles. The van der Waals surface area contributed by atoms with Gasteiger partial charge in [0.15, 0.2) is 5.82 Å². The van der Waals surface area contributed by atoms with E-state index in [1.807, 2.05) is 29.4 Å². The van der Waals surface area contributed by atoms with E-state index in [2.05, 4.69) is 20.5 Å². The molecule has 0 radical (unpaired) electrons. The van der Waals surface area contributed by atoms with Gasteiger partial charge in [-0.15, -0.1) is 0 Å². The van der Waals surface area contributed by atoms with Crippen LogP contribution in [0.25, 0.3) is 11.5 Å². The number of hydrogen-bond acceptors (Lipinski definition) is 6. The molecular weight excluding hydrogens is 248 g/mol. The van der Waals surface area contributed by atoms with Crippen LogP contribution < -0.4 is 11.3 Å². The summed E-state index contributed by atoms with van der Waals surface area (Å²) in [5, 5.41) is 4.24. The van der Waals surface area contributed by atoms with Gasteiger partial charge in [-0.3, -0.25) is 4.68 Å². The van der Waals surface area contributed by atoms with Crippen molar-refractivity contribution in [3.05, 3.63) is 23.5 Å². The third-order valence-corrected chi connectivity index (χ3v) is 3.93. The number of nitrogens with zero attached hydrogens (tertiary/aromatic N) is 4. The van der Waals surface area contributed by atoms with Crippen LogP contribution in [-0.2, 0) is 18.1 Å². The standard InChI is InChI=1S/C11H14N6S/c1-2-17-9(3-4-13-17)11-14-8-6-18-5-7(8)10(15-11)16-12/h3-4H,2,5-6,12H2,1H3,(H,14,15,16). The lowest BCUT2D eigenvalue weighted by atomic mass is 10.2. The molecule has 18 heavy (non-hydrogen) atoms. The number of anilines is 1. The van der Waals surface area contributed by atoms with E-state index in [0.29, 0.717) is 5.82 Å². The highest BCUT2D eigenvalue weighted by molar-refractivity contribution is 7.98. The number of hydrogen-bond donors (Lipinski definition) is 2. The zero-order chi connectivity index (χ0) is 12.5. The van der Waals surface area contributed by atoms with Crippen LogP contribution in [0.4, 0.5) is 5.82 Å². The van der Waals surface area contributed by atoms with Crippen LogP contribution in [0.1, 0.15) is 18.2 Å². The van der Waals surface area contributed by atoms with Crippen molar-refractivity contribution in [3.8, 4) is 11.5 Å². The molecule has 0 fully saturated rings. The maximum Gasteiger partial charge on any atom is 0.180 e. The van der Waals surface area contributed by atoms with Gasteiger partial charge < -0.3 is 5.43 Å². The van der Waals surface area contributed by atoms with Gasteiger partial charge in [-0.2, -0.15) is 16.9 Å². The number of fused-ring (bicyclic) bond motifs is 1. The van der Waals surface area contributed by atoms with E-state index in [1.165, 1.54) is 0 Å². The number of aromatic nitrogens is 4. The lowest BCUT2D eigenvalue weighted by Crippen LogP contribution is -2.13. The van der Waals surface area contributed by atoms with Gasteiger partial charge in [0.2, 0.25) is 0 Å². The molecular formula is C11H14N6S. The molecule has 0 amide bonds. The second-order valence-corrected chi connectivity index (χ2v) is 4.98. The van der Waals surface area contributed by atoms with E-state index in [0.717, 1.165) is 40.8 Å². The van der Waals surface area contributed by atoms with Crippen molar-refractivity contribution < 1.29 is 0 Å². The quantitative estimate of drug-likeness (QED) is 0.642. The fraction of sp³-hybridized carbons (Fsp3) is 0.364. The van der Waals surface area contributed by atoms with Crippen LogP contribution in [0.2, 0.25) is 0 Å². The van der Waals surface area contributed by atoms with Crippen LogP contribution in [0.15, 0.2) is 12.3 Å². The Morgan fingerprint density at radius 1 is 1.44 bits per heavy atom. The van der Waals surface area contributed by atoms with Crippen LogP contribution in [0.5, 0.6) is 0 Å². The first-order chi connectivity index (χ1) is 8.83. The number of hydrazine groups is 1. The van der Waals surface area contributed by atoms with Crippen molar-refractivity contribution >= 4 is 17.6 Å². The molecule has 0 saturated heterocycles. The van der Waals surface area contributed by atoms with E-state index in [-0.39, 0.29) is 0 Å². The average molecular weight is 262 g/mol. The van der Waals surface area contributed by atoms with Gasteiger partial charge in [-0.1, -0.05) is 0 Å². The van der Waals surface area contributed by atoms with Crippen LogP contribution in [0.3, 0.4) is 0 Å². The van der Waals surface area contributed by atoms with Gasteiger partial charge in [0.25, 0.3) is 0 Å². The van der Waals surface area contributed by atoms with Crippen molar-refractivity contribution in [1.29, 1.82) is 0 Å². The smallest absolute Gasteiger partial charge is 0.180 e. The molecule has 0 bridgehead atoms. The molecule has 1 aliphatic heterocycles. The summed E-state index contributed by atoms with van der Waals surface area (Å²) in [7, 11) is 0. The summed E-state index contributed by atoms with van der Waals surface area (Å²) < 4.78 is 1.88. The lowest BCUT2D eigenvalue weighted by molar-refractivity contribution is 0.663. The number of nitrogen functional groups attached to an aromatic ring is 1. The van der Waals surface area contributed by atoms with Gasteiger partial charge in [0, 0.05) is 29.8 Å². The fourth-order valence-electron chi connectivity index (χ4n) is 2.06. The van der Waals surface area contributed by atoms with E-state index in [1.54, 1.807) is 6.20 Å². The summed E-state index contributed by atoms with van der Waals surface area (Å²) in [6.07, 6.45) is 1.76. The molecule has 6 nitrogen and oxygen atoms in total. The molecule has 0 aliphatic carbocycles. The first kappa shape index (κ1) is 11.5. The van der Waals surface area contributed by atoms with Crippen molar-refractivity contribution in [3.63, 3.8) is 0 Å². The van der Waals surface area contributed by atoms with Crippen molar-refractivity contribution in [2.24, 2.45) is 5.84 Å². The third-order valence-electron chi connectivity index (χ3n) is 2.96. The first-order valence-corrected chi connectivity index (χ1v) is 6.95. The lowest BCUT2D eigenvalue weighted by Gasteiger charge is -2.09. The number of thioether (sulfide) groups is 1. The van der Waals surface area contributed by atoms with Gasteiger partial charge >= 0.3 is 0 Å². The predicted molar refractivity (Wildman–Crippen MR) is 71.7 cm³/mol. The van der Waals surface area contributed by atoms with E-state index < -0.39 is 0 Å². The molecule has 0 saturated carbocycles. The van der Waals surface area contributed by atoms with Crippen LogP contribution in [0, 0.1) is 0 Å². The molecule has 1 aliphatic rings. The average Bonchev–Trinajstić information content (AvgIpc) is 3.05. The molecule has 3 N–H and O–H groups in total. The molecule has 94 valence electrons. The summed E-state index contributed by atoms with van der Waals surface area (Å²) in [6.45, 7) is 2.84. The largest absolute Gasteiger partial charge is 0.308 e. The second kappa shape index (κ2) is 4.58. The maximum absolute atomic E-state index is 5.54. The van der Waals surface area contributed by atoms with E-state index in [4.69, 9.17) is 5.84 Å². The van der Waals surface area contributed by atoms with E-state index >= 15 is 0 Å². The number of rotatable bonds is 3. The molecule has 3 rings (SSSR count). The van der Waals surface area contributed by atoms with Gasteiger partial charge in [0.1, 0.15) is 11.5 Å². The Labute approximate surface area is 109 Å². The second-order valence-electron chi connectivity index (χ2n) is 3.99. The normalized spacial score (nSPS) is 13.7. The minimum atomic E-state index is 0.684. The van der Waals surface area contributed by atoms with Crippen molar-refractivity contribution in [1.82, 2.24) is 19.7 Å². The Balaban J connectivity index is 2.13. The first-order valence-electron chi connectivity index (χ1n) is 5.79. The van der Waals surface area contributed by atoms with Crippen molar-refractivity contribution in [2.45, 2.75) is 25.0 Å². The molecule has 2 aromatic rings. The molecule has 0 spiro atoms. The molecule has 0 atom stereocenters. The third kappa shape index (κ3) is 1.75. The predicted octanol–water partition coefficient (Wildman–Crippen LogP) is 1.39. The van der Waals surface area contributed by atoms with Crippen LogP contribution in [-0.4, -0.2) is 19.7 Å². The van der Waals surface area contributed by atoms with E-state index in [9.17, 15) is 0 Å². The molecule has 3 heterocycles. The Kier molecular flexibility index (Phi) is 2.92. The Morgan fingerprint density at radius 3 is 3.11 bits per heavy atom. The van der Waals surface area contributed by atoms with Gasteiger partial charge in [-0.05, 0) is 13.0 Å².